The van der Waals surface area contributed by atoms with Gasteiger partial charge in [0.1, 0.15) is 11.5 Å². The summed E-state index contributed by atoms with van der Waals surface area (Å²) in [7, 11) is 0. The highest BCUT2D eigenvalue weighted by atomic mass is 16.5. The first-order valence-corrected chi connectivity index (χ1v) is 6.33. The Morgan fingerprint density at radius 3 is 2.78 bits per heavy atom. The Morgan fingerprint density at radius 2 is 2.11 bits per heavy atom. The van der Waals surface area contributed by atoms with E-state index in [0.717, 1.165) is 29.9 Å². The van der Waals surface area contributed by atoms with Gasteiger partial charge in [0, 0.05) is 12.5 Å². The quantitative estimate of drug-likeness (QED) is 0.566. The third-order valence-corrected chi connectivity index (χ3v) is 2.43. The van der Waals surface area contributed by atoms with Crippen molar-refractivity contribution in [1.29, 1.82) is 0 Å². The van der Waals surface area contributed by atoms with Crippen LogP contribution in [-0.4, -0.2) is 19.8 Å². The molecule has 0 amide bonds. The highest BCUT2D eigenvalue weighted by Crippen LogP contribution is 2.25. The molecule has 3 heteroatoms. The molecule has 0 aromatic heterocycles. The Labute approximate surface area is 109 Å². The van der Waals surface area contributed by atoms with Crippen LogP contribution in [0.1, 0.15) is 25.3 Å². The highest BCUT2D eigenvalue weighted by molar-refractivity contribution is 5.41. The zero-order valence-electron chi connectivity index (χ0n) is 10.9. The van der Waals surface area contributed by atoms with E-state index in [2.05, 4.69) is 12.8 Å². The predicted octanol–water partition coefficient (Wildman–Crippen LogP) is 2.38. The van der Waals surface area contributed by atoms with Gasteiger partial charge in [-0.3, -0.25) is 0 Å². The molecule has 0 atom stereocenters. The van der Waals surface area contributed by atoms with Crippen LogP contribution < -0.4 is 15.2 Å². The zero-order valence-corrected chi connectivity index (χ0v) is 10.9. The number of nitrogens with two attached hydrogens (primary N) is 1. The smallest absolute Gasteiger partial charge is 0.126 e. The fraction of sp³-hybridized carbons (Fsp3) is 0.467. The van der Waals surface area contributed by atoms with Crippen molar-refractivity contribution in [2.75, 3.05) is 19.8 Å². The van der Waals surface area contributed by atoms with E-state index in [4.69, 9.17) is 21.6 Å². The van der Waals surface area contributed by atoms with Gasteiger partial charge >= 0.3 is 0 Å². The molecular formula is C15H21NO2. The van der Waals surface area contributed by atoms with E-state index >= 15 is 0 Å². The number of hydrogen-bond acceptors (Lipinski definition) is 3. The van der Waals surface area contributed by atoms with Crippen molar-refractivity contribution < 1.29 is 9.47 Å². The van der Waals surface area contributed by atoms with Gasteiger partial charge in [-0.2, -0.15) is 0 Å². The molecule has 0 bridgehead atoms. The minimum atomic E-state index is 0.519. The van der Waals surface area contributed by atoms with E-state index in [0.29, 0.717) is 26.2 Å². The lowest BCUT2D eigenvalue weighted by Gasteiger charge is -2.12. The molecule has 1 aromatic rings. The summed E-state index contributed by atoms with van der Waals surface area (Å²) in [6, 6.07) is 5.87. The van der Waals surface area contributed by atoms with Gasteiger partial charge in [-0.25, -0.2) is 0 Å². The monoisotopic (exact) mass is 247 g/mol. The molecule has 1 rings (SSSR count). The molecule has 0 radical (unpaired) electrons. The number of terminal acetylenes is 1. The van der Waals surface area contributed by atoms with E-state index in [1.807, 2.05) is 18.2 Å². The summed E-state index contributed by atoms with van der Waals surface area (Å²) < 4.78 is 11.3. The first-order valence-electron chi connectivity index (χ1n) is 6.33. The second-order valence-corrected chi connectivity index (χ2v) is 3.96. The molecule has 0 fully saturated rings. The Balaban J connectivity index is 2.75. The molecule has 0 heterocycles. The SMILES string of the molecule is C#CCCOc1cc(OCCC)ccc1CCN. The van der Waals surface area contributed by atoms with Gasteiger partial charge in [-0.1, -0.05) is 13.0 Å². The molecule has 98 valence electrons. The zero-order chi connectivity index (χ0) is 13.2. The van der Waals surface area contributed by atoms with Crippen LogP contribution >= 0.6 is 0 Å². The van der Waals surface area contributed by atoms with Gasteiger partial charge in [-0.05, 0) is 31.0 Å². The maximum atomic E-state index is 5.67. The summed E-state index contributed by atoms with van der Waals surface area (Å²) in [6.07, 6.45) is 7.58. The van der Waals surface area contributed by atoms with E-state index in [9.17, 15) is 0 Å². The maximum Gasteiger partial charge on any atom is 0.126 e. The van der Waals surface area contributed by atoms with E-state index in [1.165, 1.54) is 0 Å². The van der Waals surface area contributed by atoms with Gasteiger partial charge in [0.15, 0.2) is 0 Å². The largest absolute Gasteiger partial charge is 0.493 e. The topological polar surface area (TPSA) is 44.5 Å². The summed E-state index contributed by atoms with van der Waals surface area (Å²) in [6.45, 7) is 3.90. The molecule has 0 spiro atoms. The number of ether oxygens (including phenoxy) is 2. The van der Waals surface area contributed by atoms with Crippen molar-refractivity contribution in [2.45, 2.75) is 26.2 Å². The molecule has 0 aliphatic rings. The Hall–Kier alpha value is -1.66. The molecule has 0 saturated heterocycles. The number of hydrogen-bond donors (Lipinski definition) is 1. The third kappa shape index (κ3) is 4.68. The number of benzene rings is 1. The lowest BCUT2D eigenvalue weighted by molar-refractivity contribution is 0.304. The van der Waals surface area contributed by atoms with Gasteiger partial charge in [0.25, 0.3) is 0 Å². The fourth-order valence-electron chi connectivity index (χ4n) is 1.56. The van der Waals surface area contributed by atoms with Crippen LogP contribution in [0.2, 0.25) is 0 Å². The van der Waals surface area contributed by atoms with Crippen LogP contribution in [0.15, 0.2) is 18.2 Å². The van der Waals surface area contributed by atoms with Crippen LogP contribution in [-0.2, 0) is 6.42 Å². The lowest BCUT2D eigenvalue weighted by Crippen LogP contribution is -2.06. The normalized spacial score (nSPS) is 9.83. The minimum absolute atomic E-state index is 0.519. The second kappa shape index (κ2) is 8.43. The summed E-state index contributed by atoms with van der Waals surface area (Å²) in [5.74, 6) is 4.21. The van der Waals surface area contributed by atoms with E-state index in [1.54, 1.807) is 0 Å². The summed E-state index contributed by atoms with van der Waals surface area (Å²) >= 11 is 0. The van der Waals surface area contributed by atoms with E-state index in [-0.39, 0.29) is 0 Å². The fourth-order valence-corrected chi connectivity index (χ4v) is 1.56. The summed E-state index contributed by atoms with van der Waals surface area (Å²) in [5, 5.41) is 0. The molecule has 0 unspecified atom stereocenters. The molecule has 0 saturated carbocycles. The average Bonchev–Trinajstić information content (AvgIpc) is 2.39. The second-order valence-electron chi connectivity index (χ2n) is 3.96. The van der Waals surface area contributed by atoms with Crippen molar-refractivity contribution in [3.8, 4) is 23.8 Å². The van der Waals surface area contributed by atoms with Crippen molar-refractivity contribution >= 4 is 0 Å². The van der Waals surface area contributed by atoms with Crippen LogP contribution in [0.3, 0.4) is 0 Å². The predicted molar refractivity (Wildman–Crippen MR) is 73.9 cm³/mol. The van der Waals surface area contributed by atoms with Gasteiger partial charge in [-0.15, -0.1) is 12.3 Å². The highest BCUT2D eigenvalue weighted by Gasteiger charge is 2.05. The van der Waals surface area contributed by atoms with Gasteiger partial charge in [0.2, 0.25) is 0 Å². The van der Waals surface area contributed by atoms with Crippen LogP contribution in [0.25, 0.3) is 0 Å². The Kier molecular flexibility index (Phi) is 6.75. The molecule has 2 N–H and O–H groups in total. The van der Waals surface area contributed by atoms with Crippen molar-refractivity contribution in [3.05, 3.63) is 23.8 Å². The first-order chi connectivity index (χ1) is 8.81. The molecule has 3 nitrogen and oxygen atoms in total. The average molecular weight is 247 g/mol. The first kappa shape index (κ1) is 14.4. The Bertz CT molecular complexity index is 396. The van der Waals surface area contributed by atoms with E-state index < -0.39 is 0 Å². The summed E-state index contributed by atoms with van der Waals surface area (Å²) in [5.41, 5.74) is 6.68. The van der Waals surface area contributed by atoms with Gasteiger partial charge in [0.05, 0.1) is 13.2 Å². The lowest BCUT2D eigenvalue weighted by atomic mass is 10.1. The van der Waals surface area contributed by atoms with Crippen LogP contribution in [0.4, 0.5) is 0 Å². The van der Waals surface area contributed by atoms with Crippen molar-refractivity contribution in [2.24, 2.45) is 5.73 Å². The van der Waals surface area contributed by atoms with Crippen LogP contribution in [0, 0.1) is 12.3 Å². The standard InChI is InChI=1S/C15H21NO2/c1-3-5-11-18-15-12-14(17-10-4-2)7-6-13(15)8-9-16/h1,6-7,12H,4-5,8-11,16H2,2H3. The molecule has 1 aromatic carbocycles. The molecule has 0 aliphatic carbocycles. The number of rotatable bonds is 8. The van der Waals surface area contributed by atoms with Crippen molar-refractivity contribution in [1.82, 2.24) is 0 Å². The summed E-state index contributed by atoms with van der Waals surface area (Å²) in [4.78, 5) is 0. The van der Waals surface area contributed by atoms with Gasteiger partial charge < -0.3 is 15.2 Å². The molecule has 0 aliphatic heterocycles. The third-order valence-electron chi connectivity index (χ3n) is 2.43. The maximum absolute atomic E-state index is 5.67. The van der Waals surface area contributed by atoms with Crippen molar-refractivity contribution in [3.63, 3.8) is 0 Å². The van der Waals surface area contributed by atoms with Crippen LogP contribution in [0.5, 0.6) is 11.5 Å². The minimum Gasteiger partial charge on any atom is -0.493 e. The molecule has 18 heavy (non-hydrogen) atoms. The Morgan fingerprint density at radius 1 is 1.28 bits per heavy atom. The molecular weight excluding hydrogens is 226 g/mol.